The normalized spacial score (nSPS) is 15.9. The SMILES string of the molecule is O[C@@H](c1cn(-c2ccccc2)nn1)c1c(C2CC2)sc2c[nH]c[n+]12. The van der Waals surface area contributed by atoms with Gasteiger partial charge in [-0.3, -0.25) is 0 Å². The summed E-state index contributed by atoms with van der Waals surface area (Å²) in [5.41, 5.74) is 2.41. The number of H-pyrrole nitrogens is 1. The summed E-state index contributed by atoms with van der Waals surface area (Å²) in [5, 5.41) is 19.3. The van der Waals surface area contributed by atoms with Crippen LogP contribution in [0.15, 0.2) is 49.1 Å². The van der Waals surface area contributed by atoms with E-state index < -0.39 is 6.10 Å². The minimum absolute atomic E-state index is 0.564. The van der Waals surface area contributed by atoms with Crippen LogP contribution in [0.4, 0.5) is 0 Å². The summed E-state index contributed by atoms with van der Waals surface area (Å²) in [5.74, 6) is 0.573. The molecule has 1 fully saturated rings. The van der Waals surface area contributed by atoms with Crippen molar-refractivity contribution in [3.05, 3.63) is 65.3 Å². The van der Waals surface area contributed by atoms with Crippen LogP contribution in [0.1, 0.15) is 41.1 Å². The Hall–Kier alpha value is -2.51. The zero-order valence-electron chi connectivity index (χ0n) is 12.8. The number of rotatable bonds is 4. The van der Waals surface area contributed by atoms with Gasteiger partial charge in [0.15, 0.2) is 11.8 Å². The zero-order valence-corrected chi connectivity index (χ0v) is 13.6. The van der Waals surface area contributed by atoms with Crippen LogP contribution in [0, 0.1) is 0 Å². The fourth-order valence-electron chi connectivity index (χ4n) is 3.02. The molecule has 1 aliphatic rings. The molecule has 6 nitrogen and oxygen atoms in total. The van der Waals surface area contributed by atoms with Gasteiger partial charge in [-0.2, -0.15) is 4.40 Å². The van der Waals surface area contributed by atoms with E-state index in [2.05, 4.69) is 15.3 Å². The molecule has 7 heteroatoms. The number of aliphatic hydroxyl groups excluding tert-OH is 1. The third-order valence-electron chi connectivity index (χ3n) is 4.39. The number of hydrogen-bond donors (Lipinski definition) is 2. The minimum atomic E-state index is -0.785. The van der Waals surface area contributed by atoms with E-state index in [1.54, 1.807) is 22.2 Å². The minimum Gasteiger partial charge on any atom is -0.378 e. The monoisotopic (exact) mass is 338 g/mol. The van der Waals surface area contributed by atoms with Gasteiger partial charge in [0.05, 0.1) is 16.8 Å². The highest BCUT2D eigenvalue weighted by molar-refractivity contribution is 7.17. The summed E-state index contributed by atoms with van der Waals surface area (Å²) < 4.78 is 3.73. The molecule has 0 saturated heterocycles. The fraction of sp³-hybridized carbons (Fsp3) is 0.235. The largest absolute Gasteiger partial charge is 0.378 e. The van der Waals surface area contributed by atoms with Gasteiger partial charge in [-0.1, -0.05) is 34.7 Å². The highest BCUT2D eigenvalue weighted by Gasteiger charge is 2.36. The number of para-hydroxylation sites is 1. The first-order chi connectivity index (χ1) is 11.8. The Morgan fingerprint density at radius 3 is 2.92 bits per heavy atom. The Morgan fingerprint density at radius 2 is 2.12 bits per heavy atom. The van der Waals surface area contributed by atoms with Gasteiger partial charge in [-0.05, 0) is 30.9 Å². The molecule has 1 aromatic carbocycles. The van der Waals surface area contributed by atoms with Crippen LogP contribution in [0.25, 0.3) is 10.5 Å². The van der Waals surface area contributed by atoms with E-state index in [0.29, 0.717) is 11.6 Å². The Kier molecular flexibility index (Phi) is 3.04. The number of aromatic amines is 1. The zero-order chi connectivity index (χ0) is 16.1. The number of nitrogens with one attached hydrogen (secondary N) is 1. The highest BCUT2D eigenvalue weighted by Crippen LogP contribution is 2.46. The van der Waals surface area contributed by atoms with Gasteiger partial charge >= 0.3 is 0 Å². The fourth-order valence-corrected chi connectivity index (χ4v) is 4.34. The lowest BCUT2D eigenvalue weighted by Crippen LogP contribution is -2.25. The maximum absolute atomic E-state index is 11.0. The highest BCUT2D eigenvalue weighted by atomic mass is 32.1. The van der Waals surface area contributed by atoms with Crippen molar-refractivity contribution in [2.24, 2.45) is 0 Å². The van der Waals surface area contributed by atoms with Crippen molar-refractivity contribution in [1.82, 2.24) is 20.0 Å². The standard InChI is InChI=1S/C17H15N5OS/c23-16(13-9-22(20-19-13)12-4-2-1-3-5-12)15-17(11-6-7-11)24-14-8-18-10-21(14)15/h1-5,8-11,16,23H,6-7H2/p+1/t16-/m0/s1. The molecule has 0 aliphatic heterocycles. The van der Waals surface area contributed by atoms with E-state index in [0.717, 1.165) is 16.2 Å². The van der Waals surface area contributed by atoms with E-state index in [9.17, 15) is 5.11 Å². The first-order valence-electron chi connectivity index (χ1n) is 7.98. The molecule has 4 aromatic rings. The van der Waals surface area contributed by atoms with E-state index in [1.807, 2.05) is 47.3 Å². The molecular weight excluding hydrogens is 322 g/mol. The molecule has 0 radical (unpaired) electrons. The molecule has 3 heterocycles. The van der Waals surface area contributed by atoms with Gasteiger partial charge < -0.3 is 5.11 Å². The number of thiazole rings is 1. The Morgan fingerprint density at radius 1 is 1.29 bits per heavy atom. The average molecular weight is 338 g/mol. The molecule has 2 N–H and O–H groups in total. The van der Waals surface area contributed by atoms with Crippen LogP contribution in [0.5, 0.6) is 0 Å². The first kappa shape index (κ1) is 13.9. The summed E-state index contributed by atoms with van der Waals surface area (Å²) in [6, 6.07) is 9.80. The van der Waals surface area contributed by atoms with Crippen LogP contribution < -0.4 is 4.40 Å². The third kappa shape index (κ3) is 2.16. The Bertz CT molecular complexity index is 999. The summed E-state index contributed by atoms with van der Waals surface area (Å²) in [7, 11) is 0. The topological polar surface area (TPSA) is 70.8 Å². The first-order valence-corrected chi connectivity index (χ1v) is 8.79. The van der Waals surface area contributed by atoms with Crippen LogP contribution in [0.2, 0.25) is 0 Å². The second-order valence-electron chi connectivity index (χ2n) is 6.10. The van der Waals surface area contributed by atoms with Crippen LogP contribution in [0.3, 0.4) is 0 Å². The van der Waals surface area contributed by atoms with Crippen molar-refractivity contribution in [1.29, 1.82) is 0 Å². The van der Waals surface area contributed by atoms with Gasteiger partial charge in [-0.25, -0.2) is 9.67 Å². The van der Waals surface area contributed by atoms with Crippen molar-refractivity contribution in [2.45, 2.75) is 24.9 Å². The van der Waals surface area contributed by atoms with Crippen LogP contribution in [-0.4, -0.2) is 25.1 Å². The molecule has 1 atom stereocenters. The lowest BCUT2D eigenvalue weighted by Gasteiger charge is -2.05. The van der Waals surface area contributed by atoms with Crippen LogP contribution in [-0.2, 0) is 0 Å². The van der Waals surface area contributed by atoms with Gasteiger partial charge in [0.2, 0.25) is 11.2 Å². The van der Waals surface area contributed by atoms with E-state index in [-0.39, 0.29) is 0 Å². The second kappa shape index (κ2) is 5.25. The quantitative estimate of drug-likeness (QED) is 0.561. The molecule has 0 unspecified atom stereocenters. The van der Waals surface area contributed by atoms with Crippen LogP contribution >= 0.6 is 11.3 Å². The number of imidazole rings is 1. The molecule has 120 valence electrons. The summed E-state index contributed by atoms with van der Waals surface area (Å²) >= 11 is 1.74. The van der Waals surface area contributed by atoms with E-state index >= 15 is 0 Å². The predicted octanol–water partition coefficient (Wildman–Crippen LogP) is 2.35. The molecule has 1 aliphatic carbocycles. The lowest BCUT2D eigenvalue weighted by molar-refractivity contribution is -0.522. The summed E-state index contributed by atoms with van der Waals surface area (Å²) in [4.78, 5) is 5.48. The van der Waals surface area contributed by atoms with Crippen molar-refractivity contribution in [3.63, 3.8) is 0 Å². The smallest absolute Gasteiger partial charge is 0.247 e. The van der Waals surface area contributed by atoms with Crippen molar-refractivity contribution in [2.75, 3.05) is 0 Å². The van der Waals surface area contributed by atoms with Gasteiger partial charge in [0, 0.05) is 0 Å². The second-order valence-corrected chi connectivity index (χ2v) is 7.16. The molecular formula is C17H16N5OS+. The lowest BCUT2D eigenvalue weighted by atomic mass is 10.1. The maximum Gasteiger partial charge on any atom is 0.247 e. The number of aliphatic hydroxyl groups is 1. The number of aromatic nitrogens is 5. The molecule has 3 aromatic heterocycles. The van der Waals surface area contributed by atoms with Gasteiger partial charge in [-0.15, -0.1) is 5.10 Å². The molecule has 24 heavy (non-hydrogen) atoms. The molecule has 1 saturated carbocycles. The van der Waals surface area contributed by atoms with Gasteiger partial charge in [0.25, 0.3) is 0 Å². The number of hydrogen-bond acceptors (Lipinski definition) is 4. The molecule has 5 rings (SSSR count). The Labute approximate surface area is 142 Å². The predicted molar refractivity (Wildman–Crippen MR) is 89.2 cm³/mol. The van der Waals surface area contributed by atoms with E-state index in [1.165, 1.54) is 17.7 Å². The van der Waals surface area contributed by atoms with Crippen molar-refractivity contribution < 1.29 is 9.51 Å². The average Bonchev–Trinajstić information content (AvgIpc) is 3.04. The molecule has 0 bridgehead atoms. The van der Waals surface area contributed by atoms with Gasteiger partial charge in [0.1, 0.15) is 11.9 Å². The molecule has 0 spiro atoms. The van der Waals surface area contributed by atoms with Crippen molar-refractivity contribution >= 4 is 16.2 Å². The third-order valence-corrected chi connectivity index (χ3v) is 5.68. The Balaban J connectivity index is 1.57. The maximum atomic E-state index is 11.0. The number of fused-ring (bicyclic) bond motifs is 1. The summed E-state index contributed by atoms with van der Waals surface area (Å²) in [6.07, 6.45) is 7.26. The summed E-state index contributed by atoms with van der Waals surface area (Å²) in [6.45, 7) is 0. The number of nitrogens with zero attached hydrogens (tertiary/aromatic N) is 4. The molecule has 0 amide bonds. The number of benzene rings is 1. The van der Waals surface area contributed by atoms with Crippen molar-refractivity contribution in [3.8, 4) is 5.69 Å². The van der Waals surface area contributed by atoms with E-state index in [4.69, 9.17) is 0 Å².